The molecule has 21 heavy (non-hydrogen) atoms. The number of unbranched alkanes of at least 4 members (excludes halogenated alkanes) is 5. The molecule has 0 bridgehead atoms. The number of imidazole rings is 1. The van der Waals surface area contributed by atoms with Crippen molar-refractivity contribution in [3.63, 3.8) is 0 Å². The Morgan fingerprint density at radius 2 is 1.86 bits per heavy atom. The molecule has 3 heteroatoms. The third-order valence-electron chi connectivity index (χ3n) is 3.64. The fourth-order valence-corrected chi connectivity index (χ4v) is 2.42. The van der Waals surface area contributed by atoms with Crippen molar-refractivity contribution in [3.8, 4) is 5.75 Å². The molecule has 0 N–H and O–H groups in total. The summed E-state index contributed by atoms with van der Waals surface area (Å²) < 4.78 is 8.02. The average Bonchev–Trinajstić information content (AvgIpc) is 3.01. The Balaban J connectivity index is 1.75. The second-order valence-electron chi connectivity index (χ2n) is 5.46. The van der Waals surface area contributed by atoms with Crippen LogP contribution < -0.4 is 4.74 Å². The molecule has 2 aromatic rings. The van der Waals surface area contributed by atoms with Gasteiger partial charge in [0.1, 0.15) is 5.75 Å². The first-order valence-electron chi connectivity index (χ1n) is 8.06. The second kappa shape index (κ2) is 9.22. The SMILES string of the molecule is CCCCCCCCOc1ccccc1Cn1ccnc1. The maximum atomic E-state index is 5.96. The molecule has 0 atom stereocenters. The minimum atomic E-state index is 0.812. The maximum absolute atomic E-state index is 5.96. The first kappa shape index (κ1) is 15.6. The number of ether oxygens (including phenoxy) is 1. The van der Waals surface area contributed by atoms with E-state index in [4.69, 9.17) is 4.74 Å². The lowest BCUT2D eigenvalue weighted by atomic mass is 10.1. The van der Waals surface area contributed by atoms with Gasteiger partial charge in [0.25, 0.3) is 0 Å². The van der Waals surface area contributed by atoms with Crippen molar-refractivity contribution in [2.24, 2.45) is 0 Å². The van der Waals surface area contributed by atoms with Gasteiger partial charge in [0, 0.05) is 18.0 Å². The van der Waals surface area contributed by atoms with E-state index in [1.54, 1.807) is 6.20 Å². The van der Waals surface area contributed by atoms with Gasteiger partial charge in [-0.1, -0.05) is 57.2 Å². The molecule has 3 nitrogen and oxygen atoms in total. The van der Waals surface area contributed by atoms with Crippen molar-refractivity contribution in [2.75, 3.05) is 6.61 Å². The molecule has 1 aromatic heterocycles. The van der Waals surface area contributed by atoms with Crippen molar-refractivity contribution >= 4 is 0 Å². The standard InChI is InChI=1S/C18H26N2O/c1-2-3-4-5-6-9-14-21-18-11-8-7-10-17(18)15-20-13-12-19-16-20/h7-8,10-13,16H,2-6,9,14-15H2,1H3. The molecule has 1 heterocycles. The maximum Gasteiger partial charge on any atom is 0.124 e. The number of benzene rings is 1. The number of aromatic nitrogens is 2. The summed E-state index contributed by atoms with van der Waals surface area (Å²) in [6, 6.07) is 8.28. The van der Waals surface area contributed by atoms with Crippen molar-refractivity contribution in [3.05, 3.63) is 48.5 Å². The molecule has 0 saturated heterocycles. The molecule has 2 rings (SSSR count). The van der Waals surface area contributed by atoms with E-state index in [9.17, 15) is 0 Å². The predicted molar refractivity (Wildman–Crippen MR) is 86.6 cm³/mol. The summed E-state index contributed by atoms with van der Waals surface area (Å²) >= 11 is 0. The van der Waals surface area contributed by atoms with Crippen LogP contribution in [-0.4, -0.2) is 16.2 Å². The van der Waals surface area contributed by atoms with E-state index in [1.165, 1.54) is 37.7 Å². The quantitative estimate of drug-likeness (QED) is 0.593. The summed E-state index contributed by atoms with van der Waals surface area (Å²) in [5, 5.41) is 0. The van der Waals surface area contributed by atoms with Crippen LogP contribution in [-0.2, 0) is 6.54 Å². The molecule has 0 spiro atoms. The van der Waals surface area contributed by atoms with Crippen LogP contribution in [0, 0.1) is 0 Å². The van der Waals surface area contributed by atoms with Gasteiger partial charge in [0.15, 0.2) is 0 Å². The zero-order valence-electron chi connectivity index (χ0n) is 13.0. The normalized spacial score (nSPS) is 10.7. The molecular weight excluding hydrogens is 260 g/mol. The summed E-state index contributed by atoms with van der Waals surface area (Å²) in [6.07, 6.45) is 13.4. The Bertz CT molecular complexity index is 494. The van der Waals surface area contributed by atoms with Gasteiger partial charge in [-0.3, -0.25) is 0 Å². The highest BCUT2D eigenvalue weighted by Crippen LogP contribution is 2.19. The fourth-order valence-electron chi connectivity index (χ4n) is 2.42. The van der Waals surface area contributed by atoms with Crippen LogP contribution in [0.3, 0.4) is 0 Å². The van der Waals surface area contributed by atoms with Gasteiger partial charge in [-0.25, -0.2) is 4.98 Å². The molecule has 0 amide bonds. The lowest BCUT2D eigenvalue weighted by Crippen LogP contribution is -2.03. The molecule has 0 unspecified atom stereocenters. The van der Waals surface area contributed by atoms with Crippen LogP contribution >= 0.6 is 0 Å². The smallest absolute Gasteiger partial charge is 0.124 e. The van der Waals surface area contributed by atoms with E-state index in [0.717, 1.165) is 25.3 Å². The van der Waals surface area contributed by atoms with E-state index in [0.29, 0.717) is 0 Å². The summed E-state index contributed by atoms with van der Waals surface area (Å²) in [5.41, 5.74) is 1.21. The average molecular weight is 286 g/mol. The van der Waals surface area contributed by atoms with Gasteiger partial charge in [-0.15, -0.1) is 0 Å². The monoisotopic (exact) mass is 286 g/mol. The van der Waals surface area contributed by atoms with Gasteiger partial charge in [0.2, 0.25) is 0 Å². The zero-order valence-corrected chi connectivity index (χ0v) is 13.0. The lowest BCUT2D eigenvalue weighted by molar-refractivity contribution is 0.301. The third kappa shape index (κ3) is 5.62. The molecular formula is C18H26N2O. The van der Waals surface area contributed by atoms with Crippen LogP contribution in [0.5, 0.6) is 5.75 Å². The number of hydrogen-bond donors (Lipinski definition) is 0. The van der Waals surface area contributed by atoms with E-state index in [-0.39, 0.29) is 0 Å². The van der Waals surface area contributed by atoms with E-state index in [1.807, 2.05) is 18.6 Å². The molecule has 0 aliphatic rings. The summed E-state index contributed by atoms with van der Waals surface area (Å²) in [6.45, 7) is 3.88. The van der Waals surface area contributed by atoms with Crippen molar-refractivity contribution in [2.45, 2.75) is 52.0 Å². The lowest BCUT2D eigenvalue weighted by Gasteiger charge is -2.11. The first-order chi connectivity index (χ1) is 10.4. The molecule has 1 aromatic carbocycles. The minimum Gasteiger partial charge on any atom is -0.493 e. The van der Waals surface area contributed by atoms with E-state index in [2.05, 4.69) is 34.7 Å². The van der Waals surface area contributed by atoms with E-state index < -0.39 is 0 Å². The topological polar surface area (TPSA) is 27.1 Å². The largest absolute Gasteiger partial charge is 0.493 e. The van der Waals surface area contributed by atoms with Crippen LogP contribution in [0.25, 0.3) is 0 Å². The highest BCUT2D eigenvalue weighted by atomic mass is 16.5. The fraction of sp³-hybridized carbons (Fsp3) is 0.500. The second-order valence-corrected chi connectivity index (χ2v) is 5.46. The Morgan fingerprint density at radius 1 is 1.05 bits per heavy atom. The minimum absolute atomic E-state index is 0.812. The number of hydrogen-bond acceptors (Lipinski definition) is 2. The Kier molecular flexibility index (Phi) is 6.85. The van der Waals surface area contributed by atoms with Crippen LogP contribution in [0.1, 0.15) is 51.0 Å². The Morgan fingerprint density at radius 3 is 2.67 bits per heavy atom. The Labute approximate surface area is 128 Å². The van der Waals surface area contributed by atoms with Crippen molar-refractivity contribution < 1.29 is 4.74 Å². The summed E-state index contributed by atoms with van der Waals surface area (Å²) in [4.78, 5) is 4.08. The van der Waals surface area contributed by atoms with Gasteiger partial charge < -0.3 is 9.30 Å². The van der Waals surface area contributed by atoms with Gasteiger partial charge in [-0.05, 0) is 12.5 Å². The third-order valence-corrected chi connectivity index (χ3v) is 3.64. The van der Waals surface area contributed by atoms with Crippen molar-refractivity contribution in [1.29, 1.82) is 0 Å². The van der Waals surface area contributed by atoms with Gasteiger partial charge in [0.05, 0.1) is 19.5 Å². The summed E-state index contributed by atoms with van der Waals surface area (Å²) in [7, 11) is 0. The van der Waals surface area contributed by atoms with Gasteiger partial charge >= 0.3 is 0 Å². The molecule has 0 aliphatic heterocycles. The number of rotatable bonds is 10. The zero-order chi connectivity index (χ0) is 14.8. The number of nitrogens with zero attached hydrogens (tertiary/aromatic N) is 2. The molecule has 114 valence electrons. The van der Waals surface area contributed by atoms with Gasteiger partial charge in [-0.2, -0.15) is 0 Å². The first-order valence-corrected chi connectivity index (χ1v) is 8.06. The van der Waals surface area contributed by atoms with Crippen molar-refractivity contribution in [1.82, 2.24) is 9.55 Å². The highest BCUT2D eigenvalue weighted by Gasteiger charge is 2.03. The molecule has 0 aliphatic carbocycles. The number of para-hydroxylation sites is 1. The van der Waals surface area contributed by atoms with Crippen LogP contribution in [0.15, 0.2) is 43.0 Å². The molecule has 0 saturated carbocycles. The Hall–Kier alpha value is -1.77. The van der Waals surface area contributed by atoms with E-state index >= 15 is 0 Å². The summed E-state index contributed by atoms with van der Waals surface area (Å²) in [5.74, 6) is 1.000. The predicted octanol–water partition coefficient (Wildman–Crippen LogP) is 4.67. The molecule has 0 fully saturated rings. The van der Waals surface area contributed by atoms with Crippen LogP contribution in [0.4, 0.5) is 0 Å². The highest BCUT2D eigenvalue weighted by molar-refractivity contribution is 5.33. The molecule has 0 radical (unpaired) electrons. The van der Waals surface area contributed by atoms with Crippen LogP contribution in [0.2, 0.25) is 0 Å².